The van der Waals surface area contributed by atoms with Gasteiger partial charge in [-0.05, 0) is 89.9 Å². The average Bonchev–Trinajstić information content (AvgIpc) is 1.04. The van der Waals surface area contributed by atoms with Crippen LogP contribution in [0, 0.1) is 0 Å². The van der Waals surface area contributed by atoms with E-state index in [0.717, 1.165) is 135 Å². The number of hydrogen-bond donors (Lipinski definition) is 3. The predicted molar refractivity (Wildman–Crippen MR) is 400 cm³/mol. The van der Waals surface area contributed by atoms with Crippen molar-refractivity contribution in [3.05, 3.63) is 48.6 Å². The first-order chi connectivity index (χ1) is 47.7. The first-order valence-electron chi connectivity index (χ1n) is 39.9. The highest BCUT2D eigenvalue weighted by atomic mass is 31.2. The first-order valence-corrected chi connectivity index (χ1v) is 42.9. The van der Waals surface area contributed by atoms with Crippen LogP contribution >= 0.6 is 15.6 Å². The molecule has 0 aliphatic rings. The van der Waals surface area contributed by atoms with E-state index in [9.17, 15) is 43.2 Å². The molecule has 17 nitrogen and oxygen atoms in total. The second-order valence-corrected chi connectivity index (χ2v) is 29.9. The van der Waals surface area contributed by atoms with Gasteiger partial charge in [-0.1, -0.05) is 307 Å². The van der Waals surface area contributed by atoms with E-state index in [0.29, 0.717) is 25.7 Å². The number of aliphatic hydroxyl groups is 1. The highest BCUT2D eigenvalue weighted by Crippen LogP contribution is 2.45. The van der Waals surface area contributed by atoms with E-state index in [4.69, 9.17) is 37.0 Å². The smallest absolute Gasteiger partial charge is 0.462 e. The molecule has 0 heterocycles. The molecule has 98 heavy (non-hydrogen) atoms. The SMILES string of the molecule is CCCCC/C=C\C/C=C\CCCCCCCC(=O)OC[C@H](COP(=O)(O)OC[C@H](O)COP(=O)(O)OC[C@@H](COC(=O)CCCCCCCCCCCCCCCCC)OC(=O)CCCCCCCCCCCCCCC)OC(=O)CCCCCCC/C=C\C/C=C\CCCCC. The number of carbonyl (C=O) groups is 4. The lowest BCUT2D eigenvalue weighted by molar-refractivity contribution is -0.161. The van der Waals surface area contributed by atoms with Gasteiger partial charge in [-0.3, -0.25) is 37.3 Å². The summed E-state index contributed by atoms with van der Waals surface area (Å²) < 4.78 is 68.6. The van der Waals surface area contributed by atoms with E-state index in [1.807, 2.05) is 0 Å². The summed E-state index contributed by atoms with van der Waals surface area (Å²) in [6, 6.07) is 0. The van der Waals surface area contributed by atoms with Crippen LogP contribution in [0.3, 0.4) is 0 Å². The number of hydrogen-bond acceptors (Lipinski definition) is 15. The van der Waals surface area contributed by atoms with E-state index in [1.54, 1.807) is 0 Å². The van der Waals surface area contributed by atoms with Gasteiger partial charge in [0, 0.05) is 25.7 Å². The van der Waals surface area contributed by atoms with Gasteiger partial charge >= 0.3 is 39.5 Å². The Hall–Kier alpha value is -2.98. The second-order valence-electron chi connectivity index (χ2n) is 27.0. The maximum atomic E-state index is 13.1. The molecule has 574 valence electrons. The maximum absolute atomic E-state index is 13.1. The van der Waals surface area contributed by atoms with Crippen molar-refractivity contribution in [3.63, 3.8) is 0 Å². The number of rotatable bonds is 76. The van der Waals surface area contributed by atoms with Crippen LogP contribution in [0.5, 0.6) is 0 Å². The fourth-order valence-electron chi connectivity index (χ4n) is 11.2. The zero-order valence-corrected chi connectivity index (χ0v) is 64.5. The first kappa shape index (κ1) is 95.0. The zero-order chi connectivity index (χ0) is 71.8. The highest BCUT2D eigenvalue weighted by Gasteiger charge is 2.30. The Morgan fingerprint density at radius 3 is 0.776 bits per heavy atom. The van der Waals surface area contributed by atoms with E-state index < -0.39 is 97.5 Å². The number of unbranched alkanes of at least 4 members (excludes halogenated alkanes) is 42. The molecule has 0 fully saturated rings. The number of ether oxygens (including phenoxy) is 4. The van der Waals surface area contributed by atoms with E-state index >= 15 is 0 Å². The minimum absolute atomic E-state index is 0.0806. The summed E-state index contributed by atoms with van der Waals surface area (Å²) in [6.45, 7) is 4.87. The van der Waals surface area contributed by atoms with Gasteiger partial charge in [0.25, 0.3) is 0 Å². The van der Waals surface area contributed by atoms with Crippen molar-refractivity contribution in [2.75, 3.05) is 39.6 Å². The summed E-state index contributed by atoms with van der Waals surface area (Å²) in [5, 5.41) is 10.6. The van der Waals surface area contributed by atoms with Gasteiger partial charge in [-0.15, -0.1) is 0 Å². The molecular weight excluding hydrogens is 1280 g/mol. The molecule has 0 saturated carbocycles. The fraction of sp³-hybridized carbons (Fsp3) is 0.848. The molecule has 0 aromatic carbocycles. The van der Waals surface area contributed by atoms with Crippen molar-refractivity contribution >= 4 is 39.5 Å². The Balaban J connectivity index is 5.32. The third kappa shape index (κ3) is 71.4. The van der Waals surface area contributed by atoms with Crippen LogP contribution in [-0.4, -0.2) is 96.7 Å². The number of aliphatic hydroxyl groups excluding tert-OH is 1. The van der Waals surface area contributed by atoms with Gasteiger partial charge in [-0.2, -0.15) is 0 Å². The quantitative estimate of drug-likeness (QED) is 0.0169. The lowest BCUT2D eigenvalue weighted by Crippen LogP contribution is -2.30. The fourth-order valence-corrected chi connectivity index (χ4v) is 12.7. The average molecular weight is 1430 g/mol. The van der Waals surface area contributed by atoms with Gasteiger partial charge in [0.2, 0.25) is 0 Å². The van der Waals surface area contributed by atoms with Crippen LogP contribution < -0.4 is 0 Å². The zero-order valence-electron chi connectivity index (χ0n) is 62.7. The van der Waals surface area contributed by atoms with Crippen molar-refractivity contribution in [2.45, 2.75) is 393 Å². The van der Waals surface area contributed by atoms with E-state index in [2.05, 4.69) is 76.3 Å². The minimum atomic E-state index is -4.97. The molecule has 0 aromatic heterocycles. The summed E-state index contributed by atoms with van der Waals surface area (Å²) in [4.78, 5) is 72.9. The van der Waals surface area contributed by atoms with Crippen molar-refractivity contribution in [2.24, 2.45) is 0 Å². The summed E-state index contributed by atoms with van der Waals surface area (Å²) in [6.07, 6.45) is 69.4. The number of allylic oxidation sites excluding steroid dienone is 8. The number of phosphoric ester groups is 2. The molecule has 0 saturated heterocycles. The van der Waals surface area contributed by atoms with Gasteiger partial charge in [-0.25, -0.2) is 9.13 Å². The number of phosphoric acid groups is 2. The van der Waals surface area contributed by atoms with Crippen LogP contribution in [0.25, 0.3) is 0 Å². The molecule has 2 unspecified atom stereocenters. The van der Waals surface area contributed by atoms with Gasteiger partial charge < -0.3 is 33.8 Å². The molecular formula is C79H146O17P2. The molecule has 0 bridgehead atoms. The molecule has 0 aliphatic carbocycles. The third-order valence-corrected chi connectivity index (χ3v) is 19.2. The highest BCUT2D eigenvalue weighted by molar-refractivity contribution is 7.47. The lowest BCUT2D eigenvalue weighted by Gasteiger charge is -2.21. The standard InChI is InChI=1S/C79H146O17P2/c1-5-9-13-17-21-25-29-33-36-40-43-47-51-55-59-63-76(81)89-69-74(95-78(83)65-61-57-53-49-45-39-32-28-24-20-16-12-8-4)71-93-97(85,86)91-67-73(80)68-92-98(87,88)94-72-75(96-79(84)66-62-58-54-50-46-42-38-35-31-27-23-19-15-11-7-3)70-90-77(82)64-60-56-52-48-44-41-37-34-30-26-22-18-14-10-6-2/h22-23,26-27,34-35,37-38,73-75,80H,5-21,24-25,28-33,36,39-72H2,1-4H3,(H,85,86)(H,87,88)/b26-22-,27-23-,37-34-,38-35-/t73-,74-,75-/m1/s1. The van der Waals surface area contributed by atoms with E-state index in [-0.39, 0.29) is 25.7 Å². The molecule has 0 rings (SSSR count). The minimum Gasteiger partial charge on any atom is -0.462 e. The molecule has 0 amide bonds. The topological polar surface area (TPSA) is 237 Å². The molecule has 0 spiro atoms. The van der Waals surface area contributed by atoms with Crippen molar-refractivity contribution in [3.8, 4) is 0 Å². The van der Waals surface area contributed by atoms with Crippen molar-refractivity contribution in [1.29, 1.82) is 0 Å². The molecule has 3 N–H and O–H groups in total. The monoisotopic (exact) mass is 1430 g/mol. The summed E-state index contributed by atoms with van der Waals surface area (Å²) in [7, 11) is -9.94. The van der Waals surface area contributed by atoms with Gasteiger partial charge in [0.1, 0.15) is 19.3 Å². The van der Waals surface area contributed by atoms with Crippen LogP contribution in [0.4, 0.5) is 0 Å². The predicted octanol–water partition coefficient (Wildman–Crippen LogP) is 22.9. The molecule has 0 aliphatic heterocycles. The Morgan fingerprint density at radius 2 is 0.500 bits per heavy atom. The maximum Gasteiger partial charge on any atom is 0.472 e. The number of esters is 4. The lowest BCUT2D eigenvalue weighted by atomic mass is 10.0. The van der Waals surface area contributed by atoms with Crippen molar-refractivity contribution in [1.82, 2.24) is 0 Å². The van der Waals surface area contributed by atoms with Gasteiger partial charge in [0.15, 0.2) is 12.2 Å². The van der Waals surface area contributed by atoms with Crippen LogP contribution in [0.15, 0.2) is 48.6 Å². The van der Waals surface area contributed by atoms with Gasteiger partial charge in [0.05, 0.1) is 26.4 Å². The molecule has 19 heteroatoms. The van der Waals surface area contributed by atoms with Crippen molar-refractivity contribution < 1.29 is 80.2 Å². The Morgan fingerprint density at radius 1 is 0.286 bits per heavy atom. The normalized spacial score (nSPS) is 14.2. The Labute approximate surface area is 597 Å². The largest absolute Gasteiger partial charge is 0.472 e. The summed E-state index contributed by atoms with van der Waals surface area (Å²) in [5.41, 5.74) is 0. The Bertz CT molecular complexity index is 2050. The van der Waals surface area contributed by atoms with Crippen LogP contribution in [0.1, 0.15) is 374 Å². The number of carbonyl (C=O) groups excluding carboxylic acids is 4. The molecule has 0 radical (unpaired) electrons. The van der Waals surface area contributed by atoms with Crippen LogP contribution in [-0.2, 0) is 65.4 Å². The van der Waals surface area contributed by atoms with Crippen LogP contribution in [0.2, 0.25) is 0 Å². The third-order valence-electron chi connectivity index (χ3n) is 17.3. The summed E-state index contributed by atoms with van der Waals surface area (Å²) >= 11 is 0. The summed E-state index contributed by atoms with van der Waals surface area (Å²) in [5.74, 6) is -2.16. The van der Waals surface area contributed by atoms with E-state index in [1.165, 1.54) is 161 Å². The molecule has 0 aromatic rings. The Kier molecular flexibility index (Phi) is 70.2. The second kappa shape index (κ2) is 72.4. The molecule has 5 atom stereocenters.